The number of benzene rings is 2. The summed E-state index contributed by atoms with van der Waals surface area (Å²) in [5.74, 6) is 2.70. The second-order valence-corrected chi connectivity index (χ2v) is 7.54. The number of nitrogens with zero attached hydrogens (tertiary/aromatic N) is 3. The molecule has 1 N–H and O–H groups in total. The topological polar surface area (TPSA) is 50.2 Å². The molecule has 1 amide bonds. The molecule has 3 aromatic rings. The van der Waals surface area contributed by atoms with Crippen LogP contribution in [0.25, 0.3) is 11.3 Å². The highest BCUT2D eigenvalue weighted by molar-refractivity contribution is 5.94. The van der Waals surface area contributed by atoms with Crippen molar-refractivity contribution in [1.82, 2.24) is 9.78 Å². The molecule has 2 atom stereocenters. The Hall–Kier alpha value is -3.52. The SMILES string of the molecule is C#Cc1ccc(N[C@@H]2C[C@H](C)N(C(C)=O)c3ccc(-c4ccn(C)n4)cc32)cc1. The summed E-state index contributed by atoms with van der Waals surface area (Å²) < 4.78 is 1.79. The molecule has 5 nitrogen and oxygen atoms in total. The lowest BCUT2D eigenvalue weighted by Crippen LogP contribution is -2.43. The first-order valence-corrected chi connectivity index (χ1v) is 9.73. The fourth-order valence-corrected chi connectivity index (χ4v) is 4.07. The first-order chi connectivity index (χ1) is 14.0. The molecule has 146 valence electrons. The quantitative estimate of drug-likeness (QED) is 0.683. The molecular weight excluding hydrogens is 360 g/mol. The summed E-state index contributed by atoms with van der Waals surface area (Å²) in [6, 6.07) is 16.3. The number of hydrogen-bond acceptors (Lipinski definition) is 3. The highest BCUT2D eigenvalue weighted by Crippen LogP contribution is 2.41. The van der Waals surface area contributed by atoms with Gasteiger partial charge in [0.05, 0.1) is 11.7 Å². The number of aryl methyl sites for hydroxylation is 1. The van der Waals surface area contributed by atoms with Crippen LogP contribution in [0, 0.1) is 12.3 Å². The van der Waals surface area contributed by atoms with E-state index in [1.165, 1.54) is 0 Å². The van der Waals surface area contributed by atoms with E-state index in [9.17, 15) is 4.79 Å². The lowest BCUT2D eigenvalue weighted by atomic mass is 9.89. The van der Waals surface area contributed by atoms with Crippen molar-refractivity contribution in [2.45, 2.75) is 32.4 Å². The van der Waals surface area contributed by atoms with Crippen molar-refractivity contribution < 1.29 is 4.79 Å². The van der Waals surface area contributed by atoms with E-state index in [1.54, 1.807) is 11.6 Å². The third-order valence-electron chi connectivity index (χ3n) is 5.42. The summed E-state index contributed by atoms with van der Waals surface area (Å²) in [7, 11) is 1.91. The molecule has 0 spiro atoms. The van der Waals surface area contributed by atoms with E-state index in [-0.39, 0.29) is 18.0 Å². The minimum Gasteiger partial charge on any atom is -0.378 e. The fourth-order valence-electron chi connectivity index (χ4n) is 4.07. The largest absolute Gasteiger partial charge is 0.378 e. The number of amides is 1. The van der Waals surface area contributed by atoms with Crippen molar-refractivity contribution in [2.75, 3.05) is 10.2 Å². The van der Waals surface area contributed by atoms with Crippen LogP contribution in [0.15, 0.2) is 54.7 Å². The van der Waals surface area contributed by atoms with E-state index in [1.807, 2.05) is 60.6 Å². The van der Waals surface area contributed by atoms with Crippen LogP contribution in [0.1, 0.15) is 37.4 Å². The smallest absolute Gasteiger partial charge is 0.224 e. The highest BCUT2D eigenvalue weighted by atomic mass is 16.2. The molecular formula is C24H24N4O. The number of anilines is 2. The van der Waals surface area contributed by atoms with Gasteiger partial charge >= 0.3 is 0 Å². The Labute approximate surface area is 171 Å². The highest BCUT2D eigenvalue weighted by Gasteiger charge is 2.32. The lowest BCUT2D eigenvalue weighted by molar-refractivity contribution is -0.117. The van der Waals surface area contributed by atoms with Crippen LogP contribution in [-0.4, -0.2) is 21.7 Å². The van der Waals surface area contributed by atoms with Gasteiger partial charge in [0, 0.05) is 48.7 Å². The minimum absolute atomic E-state index is 0.0566. The Bertz CT molecular complexity index is 1090. The molecule has 0 radical (unpaired) electrons. The van der Waals surface area contributed by atoms with Gasteiger partial charge in [0.15, 0.2) is 0 Å². The van der Waals surface area contributed by atoms with E-state index < -0.39 is 0 Å². The molecule has 0 unspecified atom stereocenters. The number of aromatic nitrogens is 2. The van der Waals surface area contributed by atoms with Crippen LogP contribution in [0.3, 0.4) is 0 Å². The van der Waals surface area contributed by atoms with Gasteiger partial charge in [0.1, 0.15) is 0 Å². The number of carbonyl (C=O) groups is 1. The molecule has 5 heteroatoms. The molecule has 1 aliphatic rings. The van der Waals surface area contributed by atoms with Gasteiger partial charge in [-0.05, 0) is 61.4 Å². The van der Waals surface area contributed by atoms with Crippen molar-refractivity contribution in [3.63, 3.8) is 0 Å². The zero-order valence-corrected chi connectivity index (χ0v) is 16.9. The number of terminal acetylenes is 1. The van der Waals surface area contributed by atoms with Crippen LogP contribution in [0.4, 0.5) is 11.4 Å². The molecule has 29 heavy (non-hydrogen) atoms. The predicted molar refractivity (Wildman–Crippen MR) is 117 cm³/mol. The molecule has 4 rings (SSSR count). The third kappa shape index (κ3) is 3.62. The summed E-state index contributed by atoms with van der Waals surface area (Å²) >= 11 is 0. The Kier molecular flexibility index (Phi) is 4.85. The average molecular weight is 384 g/mol. The molecule has 0 saturated carbocycles. The lowest BCUT2D eigenvalue weighted by Gasteiger charge is -2.39. The van der Waals surface area contributed by atoms with Crippen LogP contribution < -0.4 is 10.2 Å². The van der Waals surface area contributed by atoms with Gasteiger partial charge in [0.2, 0.25) is 5.91 Å². The maximum absolute atomic E-state index is 12.3. The van der Waals surface area contributed by atoms with Crippen LogP contribution in [0.2, 0.25) is 0 Å². The van der Waals surface area contributed by atoms with Gasteiger partial charge in [-0.3, -0.25) is 9.48 Å². The molecule has 1 aromatic heterocycles. The second-order valence-electron chi connectivity index (χ2n) is 7.54. The van der Waals surface area contributed by atoms with Crippen molar-refractivity contribution in [3.8, 4) is 23.6 Å². The Balaban J connectivity index is 1.75. The minimum atomic E-state index is 0.0566. The van der Waals surface area contributed by atoms with Crippen LogP contribution in [-0.2, 0) is 11.8 Å². The molecule has 1 aliphatic heterocycles. The van der Waals surface area contributed by atoms with E-state index in [2.05, 4.69) is 29.3 Å². The van der Waals surface area contributed by atoms with Crippen molar-refractivity contribution in [1.29, 1.82) is 0 Å². The van der Waals surface area contributed by atoms with Crippen LogP contribution in [0.5, 0.6) is 0 Å². The van der Waals surface area contributed by atoms with E-state index in [4.69, 9.17) is 6.42 Å². The maximum Gasteiger partial charge on any atom is 0.224 e. The summed E-state index contributed by atoms with van der Waals surface area (Å²) in [6.07, 6.45) is 8.21. The average Bonchev–Trinajstić information content (AvgIpc) is 3.14. The molecule has 2 aromatic carbocycles. The Morgan fingerprint density at radius 1 is 1.21 bits per heavy atom. The van der Waals surface area contributed by atoms with Crippen molar-refractivity contribution in [3.05, 3.63) is 65.9 Å². The molecule has 0 aliphatic carbocycles. The first-order valence-electron chi connectivity index (χ1n) is 9.73. The van der Waals surface area contributed by atoms with Gasteiger partial charge in [-0.2, -0.15) is 5.10 Å². The summed E-state index contributed by atoms with van der Waals surface area (Å²) in [6.45, 7) is 3.71. The van der Waals surface area contributed by atoms with Crippen LogP contribution >= 0.6 is 0 Å². The number of nitrogens with one attached hydrogen (secondary N) is 1. The molecule has 0 saturated heterocycles. The molecule has 0 fully saturated rings. The first kappa shape index (κ1) is 18.8. The van der Waals surface area contributed by atoms with Crippen molar-refractivity contribution in [2.24, 2.45) is 7.05 Å². The molecule has 0 bridgehead atoms. The molecule has 2 heterocycles. The van der Waals surface area contributed by atoms with Gasteiger partial charge in [-0.25, -0.2) is 0 Å². The van der Waals surface area contributed by atoms with E-state index >= 15 is 0 Å². The fraction of sp³-hybridized carbons (Fsp3) is 0.250. The zero-order valence-electron chi connectivity index (χ0n) is 16.9. The number of fused-ring (bicyclic) bond motifs is 1. The number of carbonyl (C=O) groups excluding carboxylic acids is 1. The normalized spacial score (nSPS) is 18.1. The standard InChI is InChI=1S/C24H24N4O/c1-5-18-6-9-20(10-7-18)25-23-14-16(2)28(17(3)29)24-11-8-19(15-21(23)24)22-12-13-27(4)26-22/h1,6-13,15-16,23,25H,14H2,2-4H3/t16-,23+/m0/s1. The maximum atomic E-state index is 12.3. The van der Waals surface area contributed by atoms with E-state index in [0.717, 1.165) is 40.2 Å². The summed E-state index contributed by atoms with van der Waals surface area (Å²) in [5, 5.41) is 8.15. The number of hydrogen-bond donors (Lipinski definition) is 1. The summed E-state index contributed by atoms with van der Waals surface area (Å²) in [4.78, 5) is 14.2. The van der Waals surface area contributed by atoms with Gasteiger partial charge in [-0.1, -0.05) is 12.0 Å². The monoisotopic (exact) mass is 384 g/mol. The number of rotatable bonds is 3. The summed E-state index contributed by atoms with van der Waals surface area (Å²) in [5.41, 5.74) is 5.87. The predicted octanol–water partition coefficient (Wildman–Crippen LogP) is 4.37. The van der Waals surface area contributed by atoms with Gasteiger partial charge < -0.3 is 10.2 Å². The Morgan fingerprint density at radius 2 is 1.97 bits per heavy atom. The zero-order chi connectivity index (χ0) is 20.5. The van der Waals surface area contributed by atoms with Gasteiger partial charge in [-0.15, -0.1) is 6.42 Å². The second kappa shape index (κ2) is 7.48. The van der Waals surface area contributed by atoms with Gasteiger partial charge in [0.25, 0.3) is 0 Å². The third-order valence-corrected chi connectivity index (χ3v) is 5.42. The van der Waals surface area contributed by atoms with Crippen molar-refractivity contribution >= 4 is 17.3 Å². The van der Waals surface area contributed by atoms with E-state index in [0.29, 0.717) is 0 Å². The Morgan fingerprint density at radius 3 is 2.59 bits per heavy atom.